The van der Waals surface area contributed by atoms with Crippen molar-refractivity contribution < 1.29 is 39.1 Å². The van der Waals surface area contributed by atoms with Gasteiger partial charge in [-0.15, -0.1) is 0 Å². The molecule has 0 aliphatic rings. The molecule has 0 aliphatic carbocycles. The second kappa shape index (κ2) is 10.5. The summed E-state index contributed by atoms with van der Waals surface area (Å²) in [4.78, 5) is 21.3. The molecule has 27 heavy (non-hydrogen) atoms. The van der Waals surface area contributed by atoms with E-state index in [2.05, 4.69) is 4.74 Å². The minimum absolute atomic E-state index is 0.0108. The number of carbonyl (C=O) groups excluding carboxylic acids is 1. The number of phenolic OH excluding ortho intramolecular Hbond substituents is 2. The molecule has 0 spiro atoms. The topological polar surface area (TPSA) is 123 Å². The Labute approximate surface area is 156 Å². The van der Waals surface area contributed by atoms with Gasteiger partial charge < -0.3 is 29.5 Å². The lowest BCUT2D eigenvalue weighted by Gasteiger charge is -2.05. The van der Waals surface area contributed by atoms with E-state index in [0.29, 0.717) is 17.1 Å². The number of methoxy groups -OCH3 is 3. The van der Waals surface area contributed by atoms with E-state index in [0.717, 1.165) is 5.56 Å². The summed E-state index contributed by atoms with van der Waals surface area (Å²) in [6.07, 6.45) is 0.101. The number of aliphatic carboxylic acids is 1. The number of carbonyl (C=O) groups is 2. The summed E-state index contributed by atoms with van der Waals surface area (Å²) in [5.41, 5.74) is 1.34. The van der Waals surface area contributed by atoms with Crippen LogP contribution in [-0.2, 0) is 27.2 Å². The Kier molecular flexibility index (Phi) is 8.44. The highest BCUT2D eigenvalue weighted by molar-refractivity contribution is 5.72. The molecule has 0 fully saturated rings. The molecule has 3 N–H and O–H groups in total. The van der Waals surface area contributed by atoms with Crippen molar-refractivity contribution >= 4 is 11.9 Å². The Morgan fingerprint density at radius 2 is 1.26 bits per heavy atom. The van der Waals surface area contributed by atoms with E-state index in [1.54, 1.807) is 18.2 Å². The van der Waals surface area contributed by atoms with Crippen LogP contribution in [0.25, 0.3) is 0 Å². The number of benzene rings is 2. The van der Waals surface area contributed by atoms with E-state index in [9.17, 15) is 19.8 Å². The SMILES string of the molecule is COC(=O)Cc1ccc(O)c(OC)c1.COc1cc(CC(=O)O)ccc1O. The molecule has 2 aromatic rings. The van der Waals surface area contributed by atoms with Crippen LogP contribution in [0.1, 0.15) is 11.1 Å². The minimum atomic E-state index is -0.909. The average Bonchev–Trinajstić information content (AvgIpc) is 2.64. The Balaban J connectivity index is 0.000000271. The maximum atomic E-state index is 10.9. The van der Waals surface area contributed by atoms with Crippen LogP contribution in [0.5, 0.6) is 23.0 Å². The van der Waals surface area contributed by atoms with Gasteiger partial charge in [-0.3, -0.25) is 9.59 Å². The first kappa shape index (κ1) is 21.6. The lowest BCUT2D eigenvalue weighted by atomic mass is 10.1. The van der Waals surface area contributed by atoms with Crippen molar-refractivity contribution in [2.75, 3.05) is 21.3 Å². The van der Waals surface area contributed by atoms with Crippen LogP contribution < -0.4 is 9.47 Å². The molecule has 0 amide bonds. The maximum Gasteiger partial charge on any atom is 0.309 e. The van der Waals surface area contributed by atoms with Crippen molar-refractivity contribution in [1.29, 1.82) is 0 Å². The molecule has 8 heteroatoms. The van der Waals surface area contributed by atoms with Crippen LogP contribution in [0.15, 0.2) is 36.4 Å². The molecule has 146 valence electrons. The molecular formula is C19H22O8. The molecule has 0 radical (unpaired) electrons. The number of carboxylic acids is 1. The molecule has 0 aromatic heterocycles. The largest absolute Gasteiger partial charge is 0.504 e. The number of carboxylic acid groups (broad SMARTS) is 1. The monoisotopic (exact) mass is 378 g/mol. The number of rotatable bonds is 6. The summed E-state index contributed by atoms with van der Waals surface area (Å²) in [6, 6.07) is 9.20. The third-order valence-electron chi connectivity index (χ3n) is 3.42. The molecule has 2 aromatic carbocycles. The predicted molar refractivity (Wildman–Crippen MR) is 96.4 cm³/mol. The fourth-order valence-electron chi connectivity index (χ4n) is 2.08. The first-order valence-electron chi connectivity index (χ1n) is 7.81. The zero-order chi connectivity index (χ0) is 20.4. The fraction of sp³-hybridized carbons (Fsp3) is 0.263. The van der Waals surface area contributed by atoms with Crippen LogP contribution in [0.2, 0.25) is 0 Å². The smallest absolute Gasteiger partial charge is 0.309 e. The second-order valence-corrected chi connectivity index (χ2v) is 5.34. The minimum Gasteiger partial charge on any atom is -0.504 e. The van der Waals surface area contributed by atoms with Gasteiger partial charge in [0.05, 0.1) is 34.2 Å². The lowest BCUT2D eigenvalue weighted by molar-refractivity contribution is -0.140. The molecule has 0 saturated carbocycles. The van der Waals surface area contributed by atoms with Crippen molar-refractivity contribution in [1.82, 2.24) is 0 Å². The number of aromatic hydroxyl groups is 2. The number of esters is 1. The van der Waals surface area contributed by atoms with E-state index in [1.165, 1.54) is 39.5 Å². The van der Waals surface area contributed by atoms with Crippen molar-refractivity contribution in [3.8, 4) is 23.0 Å². The van der Waals surface area contributed by atoms with Gasteiger partial charge in [-0.2, -0.15) is 0 Å². The molecule has 2 rings (SSSR count). The number of hydrogen-bond donors (Lipinski definition) is 3. The van der Waals surface area contributed by atoms with Gasteiger partial charge in [0, 0.05) is 0 Å². The summed E-state index contributed by atoms with van der Waals surface area (Å²) in [5, 5.41) is 27.0. The van der Waals surface area contributed by atoms with Gasteiger partial charge in [-0.25, -0.2) is 0 Å². The summed E-state index contributed by atoms with van der Waals surface area (Å²) in [5.74, 6) is -0.520. The molecule has 0 saturated heterocycles. The summed E-state index contributed by atoms with van der Waals surface area (Å²) >= 11 is 0. The van der Waals surface area contributed by atoms with Crippen molar-refractivity contribution in [2.24, 2.45) is 0 Å². The zero-order valence-electron chi connectivity index (χ0n) is 15.3. The summed E-state index contributed by atoms with van der Waals surface area (Å²) in [7, 11) is 4.20. The van der Waals surface area contributed by atoms with E-state index in [4.69, 9.17) is 14.6 Å². The highest BCUT2D eigenvalue weighted by Gasteiger charge is 2.07. The van der Waals surface area contributed by atoms with E-state index >= 15 is 0 Å². The zero-order valence-corrected chi connectivity index (χ0v) is 15.3. The summed E-state index contributed by atoms with van der Waals surface area (Å²) in [6.45, 7) is 0. The van der Waals surface area contributed by atoms with Gasteiger partial charge in [0.25, 0.3) is 0 Å². The summed E-state index contributed by atoms with van der Waals surface area (Å²) < 4.78 is 14.2. The fourth-order valence-corrected chi connectivity index (χ4v) is 2.08. The van der Waals surface area contributed by atoms with Crippen LogP contribution in [0.3, 0.4) is 0 Å². The first-order valence-corrected chi connectivity index (χ1v) is 7.81. The standard InChI is InChI=1S/C10H12O4.C9H10O4/c1-13-9-5-7(3-4-8(9)11)6-10(12)14-2;1-13-8-4-6(5-9(11)12)2-3-7(8)10/h3-5,11H,6H2,1-2H3;2-4,10H,5H2,1H3,(H,11,12). The van der Waals surface area contributed by atoms with Gasteiger partial charge in [0.2, 0.25) is 0 Å². The molecule has 0 atom stereocenters. The van der Waals surface area contributed by atoms with Crippen LogP contribution >= 0.6 is 0 Å². The highest BCUT2D eigenvalue weighted by atomic mass is 16.5. The molecular weight excluding hydrogens is 356 g/mol. The predicted octanol–water partition coefficient (Wildman–Crippen LogP) is 2.14. The number of ether oxygens (including phenoxy) is 3. The lowest BCUT2D eigenvalue weighted by Crippen LogP contribution is -2.04. The molecule has 8 nitrogen and oxygen atoms in total. The normalized spacial score (nSPS) is 9.59. The third kappa shape index (κ3) is 7.15. The molecule has 0 unspecified atom stereocenters. The van der Waals surface area contributed by atoms with Gasteiger partial charge in [-0.05, 0) is 35.4 Å². The second-order valence-electron chi connectivity index (χ2n) is 5.34. The van der Waals surface area contributed by atoms with Gasteiger partial charge in [0.15, 0.2) is 23.0 Å². The van der Waals surface area contributed by atoms with E-state index < -0.39 is 5.97 Å². The molecule has 0 heterocycles. The highest BCUT2D eigenvalue weighted by Crippen LogP contribution is 2.27. The van der Waals surface area contributed by atoms with Gasteiger partial charge in [0.1, 0.15) is 0 Å². The first-order chi connectivity index (χ1) is 12.8. The van der Waals surface area contributed by atoms with Crippen LogP contribution in [0.4, 0.5) is 0 Å². The van der Waals surface area contributed by atoms with Gasteiger partial charge in [-0.1, -0.05) is 12.1 Å². The maximum absolute atomic E-state index is 10.9. The molecule has 0 aliphatic heterocycles. The van der Waals surface area contributed by atoms with Crippen molar-refractivity contribution in [2.45, 2.75) is 12.8 Å². The van der Waals surface area contributed by atoms with E-state index in [1.807, 2.05) is 0 Å². The van der Waals surface area contributed by atoms with Crippen molar-refractivity contribution in [3.63, 3.8) is 0 Å². The Bertz CT molecular complexity index is 785. The van der Waals surface area contributed by atoms with Crippen LogP contribution in [0, 0.1) is 0 Å². The number of hydrogen-bond acceptors (Lipinski definition) is 7. The quantitative estimate of drug-likeness (QED) is 0.654. The van der Waals surface area contributed by atoms with Gasteiger partial charge >= 0.3 is 11.9 Å². The molecule has 0 bridgehead atoms. The average molecular weight is 378 g/mol. The Hall–Kier alpha value is -3.42. The number of phenols is 2. The van der Waals surface area contributed by atoms with E-state index in [-0.39, 0.29) is 30.3 Å². The third-order valence-corrected chi connectivity index (χ3v) is 3.42. The Morgan fingerprint density at radius 3 is 1.63 bits per heavy atom. The van der Waals surface area contributed by atoms with Crippen LogP contribution in [-0.4, -0.2) is 48.6 Å². The Morgan fingerprint density at radius 1 is 0.815 bits per heavy atom. The van der Waals surface area contributed by atoms with Crippen molar-refractivity contribution in [3.05, 3.63) is 47.5 Å².